The number of nitrogen functional groups attached to an aromatic ring is 1. The third kappa shape index (κ3) is 2.87. The highest BCUT2D eigenvalue weighted by Crippen LogP contribution is 2.28. The molecule has 1 fully saturated rings. The molecule has 2 rings (SSSR count). The SMILES string of the molecule is Nc1c(F)cccc1C(=O)NC1(CO)CCCCC1. The molecule has 1 aromatic rings. The summed E-state index contributed by atoms with van der Waals surface area (Å²) in [5, 5.41) is 12.4. The van der Waals surface area contributed by atoms with Crippen LogP contribution in [0.3, 0.4) is 0 Å². The number of carbonyl (C=O) groups is 1. The monoisotopic (exact) mass is 266 g/mol. The molecule has 19 heavy (non-hydrogen) atoms. The Morgan fingerprint density at radius 1 is 1.37 bits per heavy atom. The van der Waals surface area contributed by atoms with E-state index in [0.717, 1.165) is 32.1 Å². The number of anilines is 1. The Kier molecular flexibility index (Phi) is 4.04. The summed E-state index contributed by atoms with van der Waals surface area (Å²) in [7, 11) is 0. The topological polar surface area (TPSA) is 75.4 Å². The number of benzene rings is 1. The van der Waals surface area contributed by atoms with Crippen molar-refractivity contribution in [3.8, 4) is 0 Å². The first-order valence-electron chi connectivity index (χ1n) is 6.55. The first-order chi connectivity index (χ1) is 9.08. The van der Waals surface area contributed by atoms with Crippen molar-refractivity contribution in [2.24, 2.45) is 0 Å². The summed E-state index contributed by atoms with van der Waals surface area (Å²) in [6.07, 6.45) is 4.54. The molecule has 0 aliphatic heterocycles. The van der Waals surface area contributed by atoms with Gasteiger partial charge < -0.3 is 16.2 Å². The summed E-state index contributed by atoms with van der Waals surface area (Å²) in [6, 6.07) is 4.16. The molecule has 1 aromatic carbocycles. The van der Waals surface area contributed by atoms with Gasteiger partial charge in [-0.15, -0.1) is 0 Å². The van der Waals surface area contributed by atoms with E-state index in [1.54, 1.807) is 0 Å². The first-order valence-corrected chi connectivity index (χ1v) is 6.55. The van der Waals surface area contributed by atoms with Crippen LogP contribution in [-0.4, -0.2) is 23.2 Å². The number of rotatable bonds is 3. The third-order valence-electron chi connectivity index (χ3n) is 3.79. The van der Waals surface area contributed by atoms with Crippen LogP contribution < -0.4 is 11.1 Å². The van der Waals surface area contributed by atoms with Crippen LogP contribution in [0, 0.1) is 5.82 Å². The Labute approximate surface area is 111 Å². The lowest BCUT2D eigenvalue weighted by atomic mass is 9.82. The number of carbonyl (C=O) groups excluding carboxylic acids is 1. The lowest BCUT2D eigenvalue weighted by molar-refractivity contribution is 0.0759. The smallest absolute Gasteiger partial charge is 0.253 e. The number of para-hydroxylation sites is 1. The number of halogens is 1. The van der Waals surface area contributed by atoms with E-state index in [0.29, 0.717) is 0 Å². The number of aliphatic hydroxyl groups is 1. The summed E-state index contributed by atoms with van der Waals surface area (Å²) in [5.74, 6) is -1.03. The molecule has 1 amide bonds. The fourth-order valence-corrected chi connectivity index (χ4v) is 2.59. The van der Waals surface area contributed by atoms with Gasteiger partial charge in [-0.3, -0.25) is 4.79 Å². The summed E-state index contributed by atoms with van der Waals surface area (Å²) in [5.41, 5.74) is 4.96. The van der Waals surface area contributed by atoms with Crippen molar-refractivity contribution in [1.29, 1.82) is 0 Å². The van der Waals surface area contributed by atoms with Gasteiger partial charge in [0.25, 0.3) is 5.91 Å². The van der Waals surface area contributed by atoms with Crippen LogP contribution in [0.4, 0.5) is 10.1 Å². The van der Waals surface area contributed by atoms with Crippen LogP contribution in [-0.2, 0) is 0 Å². The number of aliphatic hydroxyl groups excluding tert-OH is 1. The molecule has 0 heterocycles. The van der Waals surface area contributed by atoms with Crippen molar-refractivity contribution in [3.05, 3.63) is 29.6 Å². The molecule has 1 aliphatic rings. The number of nitrogens with two attached hydrogens (primary N) is 1. The predicted molar refractivity (Wildman–Crippen MR) is 71.2 cm³/mol. The minimum absolute atomic E-state index is 0.103. The normalized spacial score (nSPS) is 18.0. The number of hydrogen-bond acceptors (Lipinski definition) is 3. The van der Waals surface area contributed by atoms with Crippen LogP contribution in [0.15, 0.2) is 18.2 Å². The molecule has 1 saturated carbocycles. The van der Waals surface area contributed by atoms with Gasteiger partial charge in [0.1, 0.15) is 5.82 Å². The van der Waals surface area contributed by atoms with Crippen LogP contribution in [0.2, 0.25) is 0 Å². The zero-order valence-corrected chi connectivity index (χ0v) is 10.8. The minimum atomic E-state index is -0.602. The van der Waals surface area contributed by atoms with E-state index in [-0.39, 0.29) is 17.9 Å². The third-order valence-corrected chi connectivity index (χ3v) is 3.79. The Morgan fingerprint density at radius 2 is 2.05 bits per heavy atom. The van der Waals surface area contributed by atoms with Gasteiger partial charge in [0.15, 0.2) is 0 Å². The Morgan fingerprint density at radius 3 is 2.68 bits per heavy atom. The van der Waals surface area contributed by atoms with Gasteiger partial charge in [0.2, 0.25) is 0 Å². The molecule has 0 unspecified atom stereocenters. The van der Waals surface area contributed by atoms with Gasteiger partial charge in [-0.25, -0.2) is 4.39 Å². The molecular formula is C14H19FN2O2. The van der Waals surface area contributed by atoms with Gasteiger partial charge in [-0.05, 0) is 25.0 Å². The van der Waals surface area contributed by atoms with E-state index in [1.807, 2.05) is 0 Å². The van der Waals surface area contributed by atoms with Gasteiger partial charge in [-0.1, -0.05) is 25.3 Å². The quantitative estimate of drug-likeness (QED) is 0.731. The Bertz CT molecular complexity index is 471. The van der Waals surface area contributed by atoms with Crippen LogP contribution in [0.1, 0.15) is 42.5 Å². The van der Waals surface area contributed by atoms with E-state index >= 15 is 0 Å². The van der Waals surface area contributed by atoms with Gasteiger partial charge in [0, 0.05) is 0 Å². The molecule has 5 heteroatoms. The summed E-state index contributed by atoms with van der Waals surface area (Å²) >= 11 is 0. The van der Waals surface area contributed by atoms with E-state index in [1.165, 1.54) is 18.2 Å². The maximum atomic E-state index is 13.3. The molecule has 0 spiro atoms. The highest BCUT2D eigenvalue weighted by molar-refractivity contribution is 5.99. The molecule has 0 bridgehead atoms. The standard InChI is InChI=1S/C14H19FN2O2/c15-11-6-4-5-10(12(11)16)13(19)17-14(9-18)7-2-1-3-8-14/h4-6,18H,1-3,7-9,16H2,(H,17,19). The van der Waals surface area contributed by atoms with E-state index in [2.05, 4.69) is 5.32 Å². The highest BCUT2D eigenvalue weighted by atomic mass is 19.1. The minimum Gasteiger partial charge on any atom is -0.396 e. The lowest BCUT2D eigenvalue weighted by Gasteiger charge is -2.36. The maximum Gasteiger partial charge on any atom is 0.253 e. The van der Waals surface area contributed by atoms with E-state index in [4.69, 9.17) is 5.73 Å². The summed E-state index contributed by atoms with van der Waals surface area (Å²) < 4.78 is 13.3. The molecular weight excluding hydrogens is 247 g/mol. The summed E-state index contributed by atoms with van der Waals surface area (Å²) in [4.78, 5) is 12.2. The summed E-state index contributed by atoms with van der Waals surface area (Å²) in [6.45, 7) is -0.103. The largest absolute Gasteiger partial charge is 0.396 e. The molecule has 0 aromatic heterocycles. The molecule has 4 N–H and O–H groups in total. The van der Waals surface area contributed by atoms with Gasteiger partial charge >= 0.3 is 0 Å². The lowest BCUT2D eigenvalue weighted by Crippen LogP contribution is -2.52. The van der Waals surface area contributed by atoms with Crippen molar-refractivity contribution < 1.29 is 14.3 Å². The van der Waals surface area contributed by atoms with Crippen LogP contribution in [0.5, 0.6) is 0 Å². The molecule has 0 radical (unpaired) electrons. The van der Waals surface area contributed by atoms with Crippen molar-refractivity contribution in [2.45, 2.75) is 37.6 Å². The van der Waals surface area contributed by atoms with Crippen molar-refractivity contribution in [2.75, 3.05) is 12.3 Å². The number of nitrogens with one attached hydrogen (secondary N) is 1. The maximum absolute atomic E-state index is 13.3. The fourth-order valence-electron chi connectivity index (χ4n) is 2.59. The van der Waals surface area contributed by atoms with Crippen molar-refractivity contribution in [1.82, 2.24) is 5.32 Å². The average molecular weight is 266 g/mol. The van der Waals surface area contributed by atoms with Crippen molar-refractivity contribution >= 4 is 11.6 Å². The van der Waals surface area contributed by atoms with Crippen LogP contribution in [0.25, 0.3) is 0 Å². The van der Waals surface area contributed by atoms with Gasteiger partial charge in [0.05, 0.1) is 23.4 Å². The van der Waals surface area contributed by atoms with Crippen molar-refractivity contribution in [3.63, 3.8) is 0 Å². The first kappa shape index (κ1) is 13.8. The Balaban J connectivity index is 2.17. The molecule has 0 saturated heterocycles. The molecule has 4 nitrogen and oxygen atoms in total. The second-order valence-electron chi connectivity index (χ2n) is 5.15. The zero-order chi connectivity index (χ0) is 13.9. The number of hydrogen-bond donors (Lipinski definition) is 3. The highest BCUT2D eigenvalue weighted by Gasteiger charge is 2.33. The average Bonchev–Trinajstić information content (AvgIpc) is 2.42. The number of amides is 1. The van der Waals surface area contributed by atoms with Gasteiger partial charge in [-0.2, -0.15) is 0 Å². The Hall–Kier alpha value is -1.62. The zero-order valence-electron chi connectivity index (χ0n) is 10.8. The molecule has 0 atom stereocenters. The predicted octanol–water partition coefficient (Wildman–Crippen LogP) is 1.83. The molecule has 1 aliphatic carbocycles. The van der Waals surface area contributed by atoms with Crippen LogP contribution >= 0.6 is 0 Å². The van der Waals surface area contributed by atoms with E-state index < -0.39 is 17.3 Å². The second kappa shape index (κ2) is 5.57. The molecule has 104 valence electrons. The fraction of sp³-hybridized carbons (Fsp3) is 0.500. The van der Waals surface area contributed by atoms with E-state index in [9.17, 15) is 14.3 Å². The second-order valence-corrected chi connectivity index (χ2v) is 5.15.